The molecule has 0 aliphatic carbocycles. The molecule has 0 aliphatic heterocycles. The number of hydrogen-bond donors (Lipinski definition) is 1. The Morgan fingerprint density at radius 2 is 2.33 bits per heavy atom. The molecule has 1 unspecified atom stereocenters. The van der Waals surface area contributed by atoms with Crippen LogP contribution in [-0.4, -0.2) is 31.3 Å². The minimum absolute atomic E-state index is 0.184. The predicted molar refractivity (Wildman–Crippen MR) is 64.3 cm³/mol. The number of nitrogens with zero attached hydrogens (tertiary/aromatic N) is 4. The zero-order valence-electron chi connectivity index (χ0n) is 9.62. The number of aromatic nitrogens is 4. The molecule has 2 rings (SSSR count). The summed E-state index contributed by atoms with van der Waals surface area (Å²) in [5.41, 5.74) is 0.627. The largest absolute Gasteiger partial charge is 0.481 e. The minimum atomic E-state index is -0.940. The highest BCUT2D eigenvalue weighted by molar-refractivity contribution is 6.30. The SMILES string of the molecule is Cn1nnc(CC(C(=O)O)c2cccc(Cl)c2)n1. The van der Waals surface area contributed by atoms with Gasteiger partial charge in [0.25, 0.3) is 0 Å². The van der Waals surface area contributed by atoms with Crippen molar-refractivity contribution in [3.63, 3.8) is 0 Å². The van der Waals surface area contributed by atoms with Crippen molar-refractivity contribution in [1.82, 2.24) is 20.2 Å². The van der Waals surface area contributed by atoms with E-state index in [0.29, 0.717) is 16.4 Å². The number of benzene rings is 1. The number of tetrazole rings is 1. The van der Waals surface area contributed by atoms with E-state index in [4.69, 9.17) is 11.6 Å². The number of aryl methyl sites for hydroxylation is 1. The maximum Gasteiger partial charge on any atom is 0.311 e. The first-order valence-electron chi connectivity index (χ1n) is 5.27. The van der Waals surface area contributed by atoms with E-state index in [2.05, 4.69) is 15.4 Å². The quantitative estimate of drug-likeness (QED) is 0.901. The summed E-state index contributed by atoms with van der Waals surface area (Å²) in [6, 6.07) is 6.78. The lowest BCUT2D eigenvalue weighted by Gasteiger charge is -2.10. The highest BCUT2D eigenvalue weighted by Gasteiger charge is 2.22. The van der Waals surface area contributed by atoms with Crippen LogP contribution in [0.3, 0.4) is 0 Å². The van der Waals surface area contributed by atoms with E-state index in [-0.39, 0.29) is 6.42 Å². The van der Waals surface area contributed by atoms with Crippen LogP contribution in [0, 0.1) is 0 Å². The lowest BCUT2D eigenvalue weighted by molar-refractivity contribution is -0.138. The van der Waals surface area contributed by atoms with Crippen molar-refractivity contribution in [2.45, 2.75) is 12.3 Å². The molecule has 94 valence electrons. The molecule has 6 nitrogen and oxygen atoms in total. The minimum Gasteiger partial charge on any atom is -0.481 e. The van der Waals surface area contributed by atoms with Crippen molar-refractivity contribution >= 4 is 17.6 Å². The van der Waals surface area contributed by atoms with Gasteiger partial charge in [-0.2, -0.15) is 4.80 Å². The van der Waals surface area contributed by atoms with Gasteiger partial charge in [-0.25, -0.2) is 0 Å². The highest BCUT2D eigenvalue weighted by Crippen LogP contribution is 2.22. The van der Waals surface area contributed by atoms with Crippen LogP contribution in [0.25, 0.3) is 0 Å². The third-order valence-electron chi connectivity index (χ3n) is 2.49. The fourth-order valence-corrected chi connectivity index (χ4v) is 1.86. The molecular weight excluding hydrogens is 256 g/mol. The third kappa shape index (κ3) is 2.84. The first kappa shape index (κ1) is 12.5. The lowest BCUT2D eigenvalue weighted by atomic mass is 9.96. The lowest BCUT2D eigenvalue weighted by Crippen LogP contribution is -2.15. The van der Waals surface area contributed by atoms with Crippen LogP contribution in [0.4, 0.5) is 0 Å². The molecule has 1 atom stereocenters. The van der Waals surface area contributed by atoms with E-state index in [1.54, 1.807) is 31.3 Å². The van der Waals surface area contributed by atoms with Gasteiger partial charge in [0.05, 0.1) is 13.0 Å². The monoisotopic (exact) mass is 266 g/mol. The predicted octanol–water partition coefficient (Wildman–Crippen LogP) is 1.27. The van der Waals surface area contributed by atoms with Crippen LogP contribution in [0.2, 0.25) is 5.02 Å². The first-order chi connectivity index (χ1) is 8.56. The summed E-state index contributed by atoms with van der Waals surface area (Å²) < 4.78 is 0. The fourth-order valence-electron chi connectivity index (χ4n) is 1.66. The molecule has 1 heterocycles. The number of carbonyl (C=O) groups is 1. The van der Waals surface area contributed by atoms with Crippen molar-refractivity contribution in [3.8, 4) is 0 Å². The van der Waals surface area contributed by atoms with Crippen LogP contribution in [0.1, 0.15) is 17.3 Å². The van der Waals surface area contributed by atoms with Gasteiger partial charge in [0.15, 0.2) is 5.82 Å². The average Bonchev–Trinajstić information content (AvgIpc) is 2.71. The van der Waals surface area contributed by atoms with Crippen molar-refractivity contribution < 1.29 is 9.90 Å². The Labute approximate surface area is 108 Å². The average molecular weight is 267 g/mol. The van der Waals surface area contributed by atoms with Gasteiger partial charge in [0.1, 0.15) is 0 Å². The molecule has 2 aromatic rings. The van der Waals surface area contributed by atoms with E-state index in [0.717, 1.165) is 0 Å². The molecule has 0 saturated heterocycles. The molecule has 7 heteroatoms. The van der Waals surface area contributed by atoms with Crippen molar-refractivity contribution in [2.75, 3.05) is 0 Å². The molecule has 0 bridgehead atoms. The van der Waals surface area contributed by atoms with Crippen LogP contribution >= 0.6 is 11.6 Å². The first-order valence-corrected chi connectivity index (χ1v) is 5.65. The number of halogens is 1. The Kier molecular flexibility index (Phi) is 3.57. The van der Waals surface area contributed by atoms with Crippen molar-refractivity contribution in [1.29, 1.82) is 0 Å². The molecule has 0 spiro atoms. The highest BCUT2D eigenvalue weighted by atomic mass is 35.5. The Balaban J connectivity index is 2.26. The zero-order chi connectivity index (χ0) is 13.1. The molecule has 0 amide bonds. The van der Waals surface area contributed by atoms with E-state index in [1.807, 2.05) is 0 Å². The molecular formula is C11H11ClN4O2. The van der Waals surface area contributed by atoms with Gasteiger partial charge in [-0.05, 0) is 22.9 Å². The van der Waals surface area contributed by atoms with Gasteiger partial charge in [-0.3, -0.25) is 4.79 Å². The second-order valence-electron chi connectivity index (χ2n) is 3.85. The summed E-state index contributed by atoms with van der Waals surface area (Å²) in [4.78, 5) is 12.6. The molecule has 1 aromatic carbocycles. The number of carboxylic acids is 1. The number of carboxylic acid groups (broad SMARTS) is 1. The smallest absolute Gasteiger partial charge is 0.311 e. The van der Waals surface area contributed by atoms with Crippen LogP contribution in [0.15, 0.2) is 24.3 Å². The standard InChI is InChI=1S/C11H11ClN4O2/c1-16-14-10(13-15-16)6-9(11(17)18)7-3-2-4-8(12)5-7/h2-5,9H,6H2,1H3,(H,17,18). The number of hydrogen-bond acceptors (Lipinski definition) is 4. The normalized spacial score (nSPS) is 12.3. The topological polar surface area (TPSA) is 80.9 Å². The molecule has 0 aliphatic rings. The molecule has 1 N–H and O–H groups in total. The van der Waals surface area contributed by atoms with Crippen LogP contribution in [-0.2, 0) is 18.3 Å². The maximum atomic E-state index is 11.3. The summed E-state index contributed by atoms with van der Waals surface area (Å²) in [7, 11) is 1.63. The molecule has 0 radical (unpaired) electrons. The Bertz CT molecular complexity index is 570. The summed E-state index contributed by atoms with van der Waals surface area (Å²) in [5.74, 6) is -1.28. The van der Waals surface area contributed by atoms with Crippen molar-refractivity contribution in [3.05, 3.63) is 40.7 Å². The maximum absolute atomic E-state index is 11.3. The Morgan fingerprint density at radius 3 is 2.89 bits per heavy atom. The van der Waals surface area contributed by atoms with E-state index >= 15 is 0 Å². The summed E-state index contributed by atoms with van der Waals surface area (Å²) >= 11 is 5.86. The van der Waals surface area contributed by atoms with Gasteiger partial charge in [0.2, 0.25) is 0 Å². The second kappa shape index (κ2) is 5.14. The second-order valence-corrected chi connectivity index (χ2v) is 4.28. The van der Waals surface area contributed by atoms with Gasteiger partial charge in [-0.15, -0.1) is 10.2 Å². The van der Waals surface area contributed by atoms with Gasteiger partial charge < -0.3 is 5.11 Å². The number of aliphatic carboxylic acids is 1. The van der Waals surface area contributed by atoms with E-state index < -0.39 is 11.9 Å². The number of rotatable bonds is 4. The fraction of sp³-hybridized carbons (Fsp3) is 0.273. The summed E-state index contributed by atoms with van der Waals surface area (Å²) in [6.45, 7) is 0. The molecule has 1 aromatic heterocycles. The van der Waals surface area contributed by atoms with Crippen molar-refractivity contribution in [2.24, 2.45) is 7.05 Å². The Morgan fingerprint density at radius 1 is 1.56 bits per heavy atom. The molecule has 0 saturated carbocycles. The van der Waals surface area contributed by atoms with Crippen LogP contribution < -0.4 is 0 Å². The van der Waals surface area contributed by atoms with E-state index in [9.17, 15) is 9.90 Å². The zero-order valence-corrected chi connectivity index (χ0v) is 10.4. The third-order valence-corrected chi connectivity index (χ3v) is 2.72. The van der Waals surface area contributed by atoms with Crippen LogP contribution in [0.5, 0.6) is 0 Å². The van der Waals surface area contributed by atoms with Gasteiger partial charge >= 0.3 is 5.97 Å². The van der Waals surface area contributed by atoms with Gasteiger partial charge in [-0.1, -0.05) is 23.7 Å². The van der Waals surface area contributed by atoms with E-state index in [1.165, 1.54) is 4.80 Å². The summed E-state index contributed by atoms with van der Waals surface area (Å²) in [6.07, 6.45) is 0.184. The summed E-state index contributed by atoms with van der Waals surface area (Å²) in [5, 5.41) is 21.2. The molecule has 18 heavy (non-hydrogen) atoms. The Hall–Kier alpha value is -1.95. The van der Waals surface area contributed by atoms with Gasteiger partial charge in [0, 0.05) is 11.4 Å². The molecule has 0 fully saturated rings.